The third kappa shape index (κ3) is 5.96. The van der Waals surface area contributed by atoms with Crippen molar-refractivity contribution in [2.24, 2.45) is 0 Å². The van der Waals surface area contributed by atoms with Crippen molar-refractivity contribution in [3.63, 3.8) is 0 Å². The zero-order valence-corrected chi connectivity index (χ0v) is 16.5. The maximum atomic E-state index is 12.4. The lowest BCUT2D eigenvalue weighted by molar-refractivity contribution is -0.127. The van der Waals surface area contributed by atoms with E-state index in [1.54, 1.807) is 24.3 Å². The van der Waals surface area contributed by atoms with Gasteiger partial charge in [0.1, 0.15) is 0 Å². The van der Waals surface area contributed by atoms with Crippen LogP contribution in [0.2, 0.25) is 10.0 Å². The predicted molar refractivity (Wildman–Crippen MR) is 114 cm³/mol. The normalized spacial score (nSPS) is 15.7. The summed E-state index contributed by atoms with van der Waals surface area (Å²) < 4.78 is 0. The van der Waals surface area contributed by atoms with E-state index in [9.17, 15) is 4.79 Å². The van der Waals surface area contributed by atoms with Crippen molar-refractivity contribution in [3.8, 4) is 0 Å². The Bertz CT molecular complexity index is 825. The standard InChI is InChI=1S/C22H22Cl2N2O/c23-20-10-8-19(17-21(20)24)9-11-22(27)26-15-13-25(14-16-26)12-4-7-18-5-2-1-3-6-18/h1-11,17H,12-16H2/b7-4+,11-9+. The van der Waals surface area contributed by atoms with E-state index < -0.39 is 0 Å². The van der Waals surface area contributed by atoms with Gasteiger partial charge in [-0.1, -0.05) is 71.8 Å². The van der Waals surface area contributed by atoms with Gasteiger partial charge in [-0.2, -0.15) is 0 Å². The number of amides is 1. The quantitative estimate of drug-likeness (QED) is 0.668. The second-order valence-electron chi connectivity index (χ2n) is 6.45. The molecule has 1 saturated heterocycles. The number of carbonyl (C=O) groups is 1. The van der Waals surface area contributed by atoms with Gasteiger partial charge in [0.2, 0.25) is 5.91 Å². The van der Waals surface area contributed by atoms with Gasteiger partial charge in [0, 0.05) is 38.8 Å². The van der Waals surface area contributed by atoms with Crippen LogP contribution in [-0.4, -0.2) is 48.4 Å². The Balaban J connectivity index is 1.45. The molecule has 0 saturated carbocycles. The Hall–Kier alpha value is -2.07. The summed E-state index contributed by atoms with van der Waals surface area (Å²) in [6.07, 6.45) is 7.69. The highest BCUT2D eigenvalue weighted by Gasteiger charge is 2.18. The molecule has 1 fully saturated rings. The zero-order chi connectivity index (χ0) is 19.1. The Morgan fingerprint density at radius 1 is 0.889 bits per heavy atom. The van der Waals surface area contributed by atoms with Crippen LogP contribution in [0.1, 0.15) is 11.1 Å². The molecule has 0 aliphatic carbocycles. The molecule has 0 aromatic heterocycles. The molecule has 1 heterocycles. The van der Waals surface area contributed by atoms with E-state index in [0.29, 0.717) is 10.0 Å². The molecular formula is C22H22Cl2N2O. The Morgan fingerprint density at radius 3 is 2.33 bits per heavy atom. The summed E-state index contributed by atoms with van der Waals surface area (Å²) in [4.78, 5) is 16.6. The average Bonchev–Trinajstić information content (AvgIpc) is 2.70. The molecule has 1 amide bonds. The summed E-state index contributed by atoms with van der Waals surface area (Å²) in [5.41, 5.74) is 2.07. The van der Waals surface area contributed by atoms with Crippen molar-refractivity contribution in [1.29, 1.82) is 0 Å². The highest BCUT2D eigenvalue weighted by atomic mass is 35.5. The highest BCUT2D eigenvalue weighted by molar-refractivity contribution is 6.42. The SMILES string of the molecule is O=C(/C=C/c1ccc(Cl)c(Cl)c1)N1CCN(C/C=C/c2ccccc2)CC1. The summed E-state index contributed by atoms with van der Waals surface area (Å²) in [5.74, 6) is 0.0283. The number of piperazine rings is 1. The summed E-state index contributed by atoms with van der Waals surface area (Å²) in [6, 6.07) is 15.6. The predicted octanol–water partition coefficient (Wildman–Crippen LogP) is 4.86. The van der Waals surface area contributed by atoms with Gasteiger partial charge in [-0.15, -0.1) is 0 Å². The van der Waals surface area contributed by atoms with E-state index in [0.717, 1.165) is 38.3 Å². The Morgan fingerprint density at radius 2 is 1.63 bits per heavy atom. The molecular weight excluding hydrogens is 379 g/mol. The molecule has 27 heavy (non-hydrogen) atoms. The van der Waals surface area contributed by atoms with Crippen molar-refractivity contribution in [2.45, 2.75) is 0 Å². The van der Waals surface area contributed by atoms with Gasteiger partial charge in [0.05, 0.1) is 10.0 Å². The molecule has 0 N–H and O–H groups in total. The van der Waals surface area contributed by atoms with Crippen LogP contribution in [0.5, 0.6) is 0 Å². The fraction of sp³-hybridized carbons (Fsp3) is 0.227. The lowest BCUT2D eigenvalue weighted by atomic mass is 10.2. The number of benzene rings is 2. The largest absolute Gasteiger partial charge is 0.337 e. The van der Waals surface area contributed by atoms with Gasteiger partial charge in [-0.3, -0.25) is 9.69 Å². The van der Waals surface area contributed by atoms with Crippen LogP contribution in [0.3, 0.4) is 0 Å². The highest BCUT2D eigenvalue weighted by Crippen LogP contribution is 2.23. The number of halogens is 2. The topological polar surface area (TPSA) is 23.6 Å². The molecule has 3 rings (SSSR count). The summed E-state index contributed by atoms with van der Waals surface area (Å²) in [6.45, 7) is 4.14. The molecule has 2 aromatic carbocycles. The molecule has 1 aliphatic heterocycles. The van der Waals surface area contributed by atoms with Gasteiger partial charge in [0.15, 0.2) is 0 Å². The molecule has 0 unspecified atom stereocenters. The van der Waals surface area contributed by atoms with Crippen molar-refractivity contribution >= 4 is 41.3 Å². The summed E-state index contributed by atoms with van der Waals surface area (Å²) in [7, 11) is 0. The van der Waals surface area contributed by atoms with Crippen LogP contribution < -0.4 is 0 Å². The first-order valence-electron chi connectivity index (χ1n) is 8.98. The lowest BCUT2D eigenvalue weighted by Gasteiger charge is -2.33. The fourth-order valence-electron chi connectivity index (χ4n) is 2.94. The maximum Gasteiger partial charge on any atom is 0.246 e. The van der Waals surface area contributed by atoms with E-state index >= 15 is 0 Å². The zero-order valence-electron chi connectivity index (χ0n) is 15.0. The van der Waals surface area contributed by atoms with Crippen LogP contribution in [0.15, 0.2) is 60.7 Å². The van der Waals surface area contributed by atoms with E-state index in [1.165, 1.54) is 5.56 Å². The summed E-state index contributed by atoms with van der Waals surface area (Å²) >= 11 is 11.9. The number of hydrogen-bond acceptors (Lipinski definition) is 2. The van der Waals surface area contributed by atoms with E-state index in [1.807, 2.05) is 29.2 Å². The van der Waals surface area contributed by atoms with E-state index in [-0.39, 0.29) is 5.91 Å². The van der Waals surface area contributed by atoms with Crippen LogP contribution >= 0.6 is 23.2 Å². The number of carbonyl (C=O) groups excluding carboxylic acids is 1. The van der Waals surface area contributed by atoms with Gasteiger partial charge in [-0.25, -0.2) is 0 Å². The first-order valence-corrected chi connectivity index (χ1v) is 9.73. The molecule has 1 aliphatic rings. The number of hydrogen-bond donors (Lipinski definition) is 0. The minimum atomic E-state index is 0.0283. The van der Waals surface area contributed by atoms with Crippen molar-refractivity contribution < 1.29 is 4.79 Å². The third-order valence-corrected chi connectivity index (χ3v) is 5.26. The lowest BCUT2D eigenvalue weighted by Crippen LogP contribution is -2.48. The molecule has 0 bridgehead atoms. The van der Waals surface area contributed by atoms with Gasteiger partial charge < -0.3 is 4.90 Å². The average molecular weight is 401 g/mol. The summed E-state index contributed by atoms with van der Waals surface area (Å²) in [5, 5.41) is 1.00. The van der Waals surface area contributed by atoms with Crippen molar-refractivity contribution in [3.05, 3.63) is 81.9 Å². The third-order valence-electron chi connectivity index (χ3n) is 4.52. The van der Waals surface area contributed by atoms with Crippen LogP contribution in [0.25, 0.3) is 12.2 Å². The monoisotopic (exact) mass is 400 g/mol. The molecule has 0 radical (unpaired) electrons. The maximum absolute atomic E-state index is 12.4. The van der Waals surface area contributed by atoms with Gasteiger partial charge in [-0.05, 0) is 29.3 Å². The minimum Gasteiger partial charge on any atom is -0.337 e. The molecule has 5 heteroatoms. The van der Waals surface area contributed by atoms with E-state index in [2.05, 4.69) is 29.2 Å². The van der Waals surface area contributed by atoms with E-state index in [4.69, 9.17) is 23.2 Å². The fourth-order valence-corrected chi connectivity index (χ4v) is 3.25. The second kappa shape index (κ2) is 9.75. The molecule has 3 nitrogen and oxygen atoms in total. The smallest absolute Gasteiger partial charge is 0.246 e. The second-order valence-corrected chi connectivity index (χ2v) is 7.26. The number of nitrogens with zero attached hydrogens (tertiary/aromatic N) is 2. The van der Waals surface area contributed by atoms with Crippen LogP contribution in [0.4, 0.5) is 0 Å². The molecule has 0 spiro atoms. The minimum absolute atomic E-state index is 0.0283. The first-order chi connectivity index (χ1) is 13.1. The number of rotatable bonds is 5. The van der Waals surface area contributed by atoms with Crippen LogP contribution in [-0.2, 0) is 4.79 Å². The molecule has 2 aromatic rings. The molecule has 140 valence electrons. The van der Waals surface area contributed by atoms with Gasteiger partial charge in [0.25, 0.3) is 0 Å². The van der Waals surface area contributed by atoms with Crippen molar-refractivity contribution in [2.75, 3.05) is 32.7 Å². The Labute approximate surface area is 170 Å². The first kappa shape index (κ1) is 19.7. The van der Waals surface area contributed by atoms with Crippen LogP contribution in [0, 0.1) is 0 Å². The van der Waals surface area contributed by atoms with Crippen molar-refractivity contribution in [1.82, 2.24) is 9.80 Å². The Kier molecular flexibility index (Phi) is 7.11. The molecule has 0 atom stereocenters. The van der Waals surface area contributed by atoms with Gasteiger partial charge >= 0.3 is 0 Å².